The van der Waals surface area contributed by atoms with Gasteiger partial charge in [0.15, 0.2) is 0 Å². The Morgan fingerprint density at radius 3 is 2.45 bits per heavy atom. The molecule has 0 heterocycles. The van der Waals surface area contributed by atoms with E-state index in [-0.39, 0.29) is 6.61 Å². The lowest BCUT2D eigenvalue weighted by Crippen LogP contribution is -2.36. The lowest BCUT2D eigenvalue weighted by molar-refractivity contribution is -0.114. The predicted octanol–water partition coefficient (Wildman–Crippen LogP) is 1.65. The summed E-state index contributed by atoms with van der Waals surface area (Å²) in [6.07, 6.45) is -0.934. The normalized spacial score (nSPS) is 10.3. The Kier molecular flexibility index (Phi) is 6.92. The number of imide groups is 1. The molecule has 8 nitrogen and oxygen atoms in total. The molecule has 1 aromatic carbocycles. The van der Waals surface area contributed by atoms with Crippen molar-refractivity contribution in [3.05, 3.63) is 24.3 Å². The predicted molar refractivity (Wildman–Crippen MR) is 79.4 cm³/mol. The highest BCUT2D eigenvalue weighted by atomic mass is 16.5. The van der Waals surface area contributed by atoms with Crippen molar-refractivity contribution in [2.24, 2.45) is 5.10 Å². The molecule has 1 aromatic rings. The summed E-state index contributed by atoms with van der Waals surface area (Å²) in [5.41, 5.74) is 2.61. The standard InChI is InChI=1S/C14H16N4O4/c1-3-21-11-7-5-10(6-8-11)17-18-12(9-15)13(19)16-14(20)22-4-2/h5-8,17H,3-4H2,1-2H3,(H,16,19,20)/b18-12+. The Labute approximate surface area is 127 Å². The molecule has 0 atom stereocenters. The number of hydrogen-bond acceptors (Lipinski definition) is 7. The number of ether oxygens (including phenoxy) is 2. The largest absolute Gasteiger partial charge is 0.494 e. The van der Waals surface area contributed by atoms with Crippen LogP contribution in [-0.4, -0.2) is 30.9 Å². The van der Waals surface area contributed by atoms with Crippen molar-refractivity contribution < 1.29 is 19.1 Å². The zero-order chi connectivity index (χ0) is 16.4. The Bertz CT molecular complexity index is 590. The lowest BCUT2D eigenvalue weighted by atomic mass is 10.3. The lowest BCUT2D eigenvalue weighted by Gasteiger charge is -2.05. The highest BCUT2D eigenvalue weighted by Crippen LogP contribution is 2.15. The Morgan fingerprint density at radius 1 is 1.23 bits per heavy atom. The van der Waals surface area contributed by atoms with Gasteiger partial charge in [0.2, 0.25) is 5.71 Å². The van der Waals surface area contributed by atoms with Crippen LogP contribution in [0.4, 0.5) is 10.5 Å². The summed E-state index contributed by atoms with van der Waals surface area (Å²) in [4.78, 5) is 22.7. The smallest absolute Gasteiger partial charge is 0.414 e. The number of amides is 2. The summed E-state index contributed by atoms with van der Waals surface area (Å²) in [5, 5.41) is 14.4. The van der Waals surface area contributed by atoms with E-state index >= 15 is 0 Å². The molecule has 0 saturated heterocycles. The SMILES string of the molecule is CCOC(=O)NC(=O)/C(C#N)=N/Nc1ccc(OCC)cc1. The first-order valence-electron chi connectivity index (χ1n) is 6.55. The molecule has 0 bridgehead atoms. The van der Waals surface area contributed by atoms with E-state index in [4.69, 9.17) is 10.00 Å². The van der Waals surface area contributed by atoms with E-state index in [1.807, 2.05) is 12.2 Å². The van der Waals surface area contributed by atoms with Gasteiger partial charge < -0.3 is 9.47 Å². The molecule has 0 saturated carbocycles. The highest BCUT2D eigenvalue weighted by Gasteiger charge is 2.15. The summed E-state index contributed by atoms with van der Waals surface area (Å²) in [6, 6.07) is 8.37. The number of benzene rings is 1. The zero-order valence-corrected chi connectivity index (χ0v) is 12.3. The van der Waals surface area contributed by atoms with Crippen LogP contribution in [0.2, 0.25) is 0 Å². The maximum atomic E-state index is 11.6. The maximum absolute atomic E-state index is 11.6. The molecule has 0 aromatic heterocycles. The van der Waals surface area contributed by atoms with Crippen molar-refractivity contribution in [2.45, 2.75) is 13.8 Å². The second-order valence-corrected chi connectivity index (χ2v) is 3.82. The van der Waals surface area contributed by atoms with E-state index in [0.717, 1.165) is 0 Å². The summed E-state index contributed by atoms with van der Waals surface area (Å²) in [6.45, 7) is 4.13. The van der Waals surface area contributed by atoms with Crippen LogP contribution < -0.4 is 15.5 Å². The van der Waals surface area contributed by atoms with Gasteiger partial charge in [-0.05, 0) is 38.1 Å². The first kappa shape index (κ1) is 17.0. The Balaban J connectivity index is 2.66. The molecular formula is C14H16N4O4. The summed E-state index contributed by atoms with van der Waals surface area (Å²) in [5.74, 6) is -0.253. The van der Waals surface area contributed by atoms with Crippen molar-refractivity contribution in [1.29, 1.82) is 5.26 Å². The molecular weight excluding hydrogens is 288 g/mol. The number of hydrazone groups is 1. The van der Waals surface area contributed by atoms with Gasteiger partial charge in [-0.2, -0.15) is 10.4 Å². The molecule has 0 radical (unpaired) electrons. The zero-order valence-electron chi connectivity index (χ0n) is 12.3. The topological polar surface area (TPSA) is 113 Å². The molecule has 0 aliphatic carbocycles. The van der Waals surface area contributed by atoms with Crippen molar-refractivity contribution in [1.82, 2.24) is 5.32 Å². The van der Waals surface area contributed by atoms with Gasteiger partial charge in [0, 0.05) is 0 Å². The molecule has 0 unspecified atom stereocenters. The molecule has 2 N–H and O–H groups in total. The minimum Gasteiger partial charge on any atom is -0.494 e. The van der Waals surface area contributed by atoms with Gasteiger partial charge in [0.1, 0.15) is 11.8 Å². The molecule has 2 amide bonds. The van der Waals surface area contributed by atoms with Gasteiger partial charge in [-0.25, -0.2) is 4.79 Å². The average Bonchev–Trinajstić information content (AvgIpc) is 2.50. The van der Waals surface area contributed by atoms with Crippen LogP contribution in [0.3, 0.4) is 0 Å². The van der Waals surface area contributed by atoms with Gasteiger partial charge >= 0.3 is 6.09 Å². The molecule has 22 heavy (non-hydrogen) atoms. The third-order valence-electron chi connectivity index (χ3n) is 2.27. The number of nitrogens with zero attached hydrogens (tertiary/aromatic N) is 2. The van der Waals surface area contributed by atoms with Crippen molar-refractivity contribution in [2.75, 3.05) is 18.6 Å². The van der Waals surface area contributed by atoms with Crippen LogP contribution in [0.5, 0.6) is 5.75 Å². The number of carbonyl (C=O) groups excluding carboxylic acids is 2. The van der Waals surface area contributed by atoms with Gasteiger partial charge in [0.25, 0.3) is 5.91 Å². The molecule has 1 rings (SSSR count). The van der Waals surface area contributed by atoms with Crippen molar-refractivity contribution in [3.8, 4) is 11.8 Å². The summed E-state index contributed by atoms with van der Waals surface area (Å²) >= 11 is 0. The molecule has 0 aliphatic rings. The third kappa shape index (κ3) is 5.50. The van der Waals surface area contributed by atoms with Crippen molar-refractivity contribution >= 4 is 23.4 Å². The highest BCUT2D eigenvalue weighted by molar-refractivity contribution is 6.46. The molecule has 0 aliphatic heterocycles. The number of nitrogens with one attached hydrogen (secondary N) is 2. The van der Waals surface area contributed by atoms with Crippen LogP contribution in [0, 0.1) is 11.3 Å². The van der Waals surface area contributed by atoms with Gasteiger partial charge in [0.05, 0.1) is 18.9 Å². The fourth-order valence-corrected chi connectivity index (χ4v) is 1.36. The number of hydrogen-bond donors (Lipinski definition) is 2. The van der Waals surface area contributed by atoms with E-state index in [2.05, 4.69) is 15.3 Å². The van der Waals surface area contributed by atoms with Crippen LogP contribution in [-0.2, 0) is 9.53 Å². The average molecular weight is 304 g/mol. The number of alkyl carbamates (subject to hydrolysis) is 1. The third-order valence-corrected chi connectivity index (χ3v) is 2.27. The monoisotopic (exact) mass is 304 g/mol. The van der Waals surface area contributed by atoms with Gasteiger partial charge in [-0.15, -0.1) is 0 Å². The molecule has 8 heteroatoms. The number of carbonyl (C=O) groups is 2. The Morgan fingerprint density at radius 2 is 1.91 bits per heavy atom. The molecule has 0 fully saturated rings. The van der Waals surface area contributed by atoms with Gasteiger partial charge in [-0.1, -0.05) is 0 Å². The minimum atomic E-state index is -0.945. The van der Waals surface area contributed by atoms with E-state index < -0.39 is 17.7 Å². The van der Waals surface area contributed by atoms with Crippen molar-refractivity contribution in [3.63, 3.8) is 0 Å². The first-order chi connectivity index (χ1) is 10.6. The first-order valence-corrected chi connectivity index (χ1v) is 6.55. The van der Waals surface area contributed by atoms with Crippen LogP contribution in [0.25, 0.3) is 0 Å². The summed E-state index contributed by atoms with van der Waals surface area (Å²) < 4.78 is 9.82. The van der Waals surface area contributed by atoms with Crippen LogP contribution in [0.1, 0.15) is 13.8 Å². The van der Waals surface area contributed by atoms with Gasteiger partial charge in [-0.3, -0.25) is 15.5 Å². The second kappa shape index (κ2) is 8.97. The van der Waals surface area contributed by atoms with Crippen LogP contribution >= 0.6 is 0 Å². The fraction of sp³-hybridized carbons (Fsp3) is 0.286. The number of rotatable bonds is 6. The summed E-state index contributed by atoms with van der Waals surface area (Å²) in [7, 11) is 0. The quantitative estimate of drug-likeness (QED) is 0.610. The molecule has 116 valence electrons. The maximum Gasteiger partial charge on any atom is 0.414 e. The number of anilines is 1. The number of nitriles is 1. The Hall–Kier alpha value is -3.08. The molecule has 0 spiro atoms. The second-order valence-electron chi connectivity index (χ2n) is 3.82. The van der Waals surface area contributed by atoms with E-state index in [9.17, 15) is 9.59 Å². The minimum absolute atomic E-state index is 0.114. The van der Waals surface area contributed by atoms with E-state index in [1.54, 1.807) is 37.3 Å². The fourth-order valence-electron chi connectivity index (χ4n) is 1.36. The van der Waals surface area contributed by atoms with E-state index in [1.165, 1.54) is 0 Å². The van der Waals surface area contributed by atoms with E-state index in [0.29, 0.717) is 18.0 Å². The van der Waals surface area contributed by atoms with Crippen LogP contribution in [0.15, 0.2) is 29.4 Å².